The first kappa shape index (κ1) is 15.0. The van der Waals surface area contributed by atoms with Crippen LogP contribution in [0.5, 0.6) is 0 Å². The molecule has 24 heavy (non-hydrogen) atoms. The van der Waals surface area contributed by atoms with Crippen LogP contribution < -0.4 is 4.57 Å². The van der Waals surface area contributed by atoms with E-state index in [1.807, 2.05) is 6.20 Å². The molecule has 4 aromatic rings. The molecule has 0 aliphatic rings. The Hall–Kier alpha value is -2.55. The first-order chi connectivity index (χ1) is 11.6. The third-order valence-corrected chi connectivity index (χ3v) is 4.71. The van der Waals surface area contributed by atoms with E-state index in [9.17, 15) is 0 Å². The second-order valence-electron chi connectivity index (χ2n) is 6.94. The zero-order chi connectivity index (χ0) is 16.8. The first-order valence-electron chi connectivity index (χ1n) is 8.60. The van der Waals surface area contributed by atoms with Gasteiger partial charge in [-0.25, -0.2) is 0 Å². The van der Waals surface area contributed by atoms with Gasteiger partial charge in [0.2, 0.25) is 0 Å². The van der Waals surface area contributed by atoms with E-state index in [2.05, 4.69) is 79.3 Å². The fourth-order valence-electron chi connectivity index (χ4n) is 3.55. The van der Waals surface area contributed by atoms with E-state index in [1.165, 1.54) is 27.4 Å². The normalized spacial score (nSPS) is 12.1. The lowest BCUT2D eigenvalue weighted by atomic mass is 10.00. The molecule has 0 amide bonds. The van der Waals surface area contributed by atoms with Crippen LogP contribution in [0.1, 0.15) is 45.2 Å². The third kappa shape index (κ3) is 2.08. The quantitative estimate of drug-likeness (QED) is 0.465. The lowest BCUT2D eigenvalue weighted by Crippen LogP contribution is -2.37. The summed E-state index contributed by atoms with van der Waals surface area (Å²) in [5, 5.41) is 2.55. The maximum absolute atomic E-state index is 5.95. The van der Waals surface area contributed by atoms with Crippen molar-refractivity contribution in [2.24, 2.45) is 0 Å². The molecule has 2 heterocycles. The fraction of sp³-hybridized carbons (Fsp3) is 0.286. The number of para-hydroxylation sites is 2. The highest BCUT2D eigenvalue weighted by Crippen LogP contribution is 2.35. The molecule has 122 valence electrons. The zero-order valence-electron chi connectivity index (χ0n) is 14.7. The number of benzene rings is 2. The summed E-state index contributed by atoms with van der Waals surface area (Å²) in [5.74, 6) is 0.444. The number of hydrogen-bond acceptors (Lipinski definition) is 1. The smallest absolute Gasteiger partial charge is 0.395 e. The van der Waals surface area contributed by atoms with Crippen LogP contribution in [-0.4, -0.2) is 4.57 Å². The van der Waals surface area contributed by atoms with Gasteiger partial charge in [0, 0.05) is 16.3 Å². The van der Waals surface area contributed by atoms with Gasteiger partial charge in [0.05, 0.1) is 6.04 Å². The minimum atomic E-state index is 0.334. The molecule has 0 saturated carbocycles. The van der Waals surface area contributed by atoms with Crippen LogP contribution in [0.15, 0.2) is 59.3 Å². The van der Waals surface area contributed by atoms with Crippen LogP contribution in [-0.2, 0) is 0 Å². The molecule has 0 N–H and O–H groups in total. The molecule has 2 aromatic carbocycles. The minimum absolute atomic E-state index is 0.334. The lowest BCUT2D eigenvalue weighted by molar-refractivity contribution is -0.712. The van der Waals surface area contributed by atoms with Crippen LogP contribution >= 0.6 is 0 Å². The van der Waals surface area contributed by atoms with Gasteiger partial charge in [0.15, 0.2) is 0 Å². The monoisotopic (exact) mass is 319 g/mol. The molecule has 4 rings (SSSR count). The summed E-state index contributed by atoms with van der Waals surface area (Å²) >= 11 is 0. The number of fused-ring (bicyclic) bond motifs is 3. The minimum Gasteiger partial charge on any atom is -0.395 e. The Morgan fingerprint density at radius 3 is 2.42 bits per heavy atom. The van der Waals surface area contributed by atoms with Crippen LogP contribution in [0.4, 0.5) is 0 Å². The average molecular weight is 319 g/mol. The zero-order valence-corrected chi connectivity index (χ0v) is 14.7. The maximum atomic E-state index is 5.95. The van der Waals surface area contributed by atoms with Gasteiger partial charge in [-0.2, -0.15) is 9.13 Å². The second-order valence-corrected chi connectivity index (χ2v) is 6.94. The molecule has 0 aliphatic carbocycles. The van der Waals surface area contributed by atoms with E-state index < -0.39 is 0 Å². The molecule has 0 radical (unpaired) electrons. The number of oxazole rings is 1. The van der Waals surface area contributed by atoms with Gasteiger partial charge in [-0.1, -0.05) is 38.1 Å². The standard InChI is InChI=1S/C21H23N2O/c1-14(2)16-9-7-10-18-17-8-5-6-11-19(17)23(20(16)18)21-22(15(3)4)12-13-24-21/h5-15H,1-4H3/q+1. The first-order valence-corrected chi connectivity index (χ1v) is 8.60. The number of rotatable bonds is 3. The number of hydrogen-bond donors (Lipinski definition) is 0. The van der Waals surface area contributed by atoms with E-state index in [0.717, 1.165) is 6.01 Å². The topological polar surface area (TPSA) is 21.9 Å². The Morgan fingerprint density at radius 2 is 1.67 bits per heavy atom. The molecule has 0 saturated heterocycles. The van der Waals surface area contributed by atoms with Crippen molar-refractivity contribution in [1.82, 2.24) is 4.57 Å². The number of nitrogens with zero attached hydrogens (tertiary/aromatic N) is 2. The van der Waals surface area contributed by atoms with Crippen LogP contribution in [0.2, 0.25) is 0 Å². The van der Waals surface area contributed by atoms with Gasteiger partial charge in [-0.3, -0.25) is 0 Å². The van der Waals surface area contributed by atoms with E-state index in [4.69, 9.17) is 4.42 Å². The molecular formula is C21H23N2O+. The van der Waals surface area contributed by atoms with Crippen molar-refractivity contribution in [3.63, 3.8) is 0 Å². The Bertz CT molecular complexity index is 1020. The SMILES string of the molecule is CC(C)c1cccc2c3ccccc3n(-c3occ[n+]3C(C)C)c12. The van der Waals surface area contributed by atoms with Gasteiger partial charge in [0.25, 0.3) is 0 Å². The van der Waals surface area contributed by atoms with Crippen molar-refractivity contribution in [2.75, 3.05) is 0 Å². The molecule has 3 heteroatoms. The second kappa shape index (κ2) is 5.52. The van der Waals surface area contributed by atoms with Crippen molar-refractivity contribution >= 4 is 21.8 Å². The summed E-state index contributed by atoms with van der Waals surface area (Å²) in [7, 11) is 0. The Morgan fingerprint density at radius 1 is 0.917 bits per heavy atom. The van der Waals surface area contributed by atoms with Gasteiger partial charge < -0.3 is 4.42 Å². The average Bonchev–Trinajstić information content (AvgIpc) is 3.16. The third-order valence-electron chi connectivity index (χ3n) is 4.71. The predicted octanol–water partition coefficient (Wildman–Crippen LogP) is 5.37. The van der Waals surface area contributed by atoms with Gasteiger partial charge >= 0.3 is 6.01 Å². The van der Waals surface area contributed by atoms with Gasteiger partial charge in [-0.15, -0.1) is 0 Å². The van der Waals surface area contributed by atoms with Crippen molar-refractivity contribution in [3.05, 3.63) is 60.5 Å². The molecule has 2 aromatic heterocycles. The van der Waals surface area contributed by atoms with Crippen molar-refractivity contribution in [1.29, 1.82) is 0 Å². The van der Waals surface area contributed by atoms with E-state index >= 15 is 0 Å². The van der Waals surface area contributed by atoms with Crippen LogP contribution in [0.25, 0.3) is 27.8 Å². The Kier molecular flexibility index (Phi) is 3.45. The number of aromatic nitrogens is 2. The molecule has 0 aliphatic heterocycles. The van der Waals surface area contributed by atoms with Crippen molar-refractivity contribution in [3.8, 4) is 6.01 Å². The summed E-state index contributed by atoms with van der Waals surface area (Å²) in [6.07, 6.45) is 3.78. The van der Waals surface area contributed by atoms with E-state index in [0.29, 0.717) is 12.0 Å². The summed E-state index contributed by atoms with van der Waals surface area (Å²) < 4.78 is 10.4. The van der Waals surface area contributed by atoms with Crippen molar-refractivity contribution in [2.45, 2.75) is 39.7 Å². The molecule has 0 fully saturated rings. The van der Waals surface area contributed by atoms with Crippen LogP contribution in [0, 0.1) is 0 Å². The fourth-order valence-corrected chi connectivity index (χ4v) is 3.55. The highest BCUT2D eigenvalue weighted by atomic mass is 16.4. The van der Waals surface area contributed by atoms with Gasteiger partial charge in [0.1, 0.15) is 23.5 Å². The Labute approximate surface area is 142 Å². The molecule has 0 unspecified atom stereocenters. The summed E-state index contributed by atoms with van der Waals surface area (Å²) in [4.78, 5) is 0. The maximum Gasteiger partial charge on any atom is 0.467 e. The molecule has 3 nitrogen and oxygen atoms in total. The molecule has 0 atom stereocenters. The van der Waals surface area contributed by atoms with Crippen molar-refractivity contribution < 1.29 is 8.98 Å². The highest BCUT2D eigenvalue weighted by Gasteiger charge is 2.27. The summed E-state index contributed by atoms with van der Waals surface area (Å²) in [6.45, 7) is 8.84. The summed E-state index contributed by atoms with van der Waals surface area (Å²) in [5.41, 5.74) is 3.78. The largest absolute Gasteiger partial charge is 0.467 e. The molecule has 0 spiro atoms. The lowest BCUT2D eigenvalue weighted by Gasteiger charge is -2.08. The van der Waals surface area contributed by atoms with E-state index in [1.54, 1.807) is 6.26 Å². The predicted molar refractivity (Wildman–Crippen MR) is 97.7 cm³/mol. The van der Waals surface area contributed by atoms with E-state index in [-0.39, 0.29) is 0 Å². The molecule has 0 bridgehead atoms. The van der Waals surface area contributed by atoms with Crippen LogP contribution in [0.3, 0.4) is 0 Å². The van der Waals surface area contributed by atoms with Gasteiger partial charge in [-0.05, 0) is 38.0 Å². The highest BCUT2D eigenvalue weighted by molar-refractivity contribution is 6.10. The summed E-state index contributed by atoms with van der Waals surface area (Å²) in [6, 6.07) is 16.4. The Balaban J connectivity index is 2.22. The molecular weight excluding hydrogens is 296 g/mol.